The number of amides is 1. The Balaban J connectivity index is 4.75. The van der Waals surface area contributed by atoms with Gasteiger partial charge in [-0.25, -0.2) is 0 Å². The second kappa shape index (κ2) is 9.77. The molecule has 0 fully saturated rings. The van der Waals surface area contributed by atoms with Crippen LogP contribution in [0.2, 0.25) is 0 Å². The van der Waals surface area contributed by atoms with Gasteiger partial charge in [0.05, 0.1) is 12.5 Å². The predicted molar refractivity (Wildman–Crippen MR) is 84.8 cm³/mol. The van der Waals surface area contributed by atoms with E-state index in [4.69, 9.17) is 10.8 Å². The van der Waals surface area contributed by atoms with Gasteiger partial charge in [-0.05, 0) is 24.2 Å². The van der Waals surface area contributed by atoms with Crippen molar-refractivity contribution in [1.82, 2.24) is 5.32 Å². The van der Waals surface area contributed by atoms with E-state index < -0.39 is 12.0 Å². The van der Waals surface area contributed by atoms with Gasteiger partial charge in [-0.2, -0.15) is 0 Å². The minimum absolute atomic E-state index is 0.0602. The van der Waals surface area contributed by atoms with Gasteiger partial charge < -0.3 is 16.2 Å². The molecule has 4 N–H and O–H groups in total. The Labute approximate surface area is 128 Å². The van der Waals surface area contributed by atoms with Crippen molar-refractivity contribution in [3.8, 4) is 0 Å². The van der Waals surface area contributed by atoms with E-state index in [1.54, 1.807) is 0 Å². The zero-order valence-electron chi connectivity index (χ0n) is 14.1. The quantitative estimate of drug-likeness (QED) is 0.577. The van der Waals surface area contributed by atoms with Crippen LogP contribution in [0.25, 0.3) is 0 Å². The molecule has 5 nitrogen and oxygen atoms in total. The van der Waals surface area contributed by atoms with Gasteiger partial charge in [-0.1, -0.05) is 47.5 Å². The maximum Gasteiger partial charge on any atom is 0.305 e. The standard InChI is InChI=1S/C16H32N2O3/c1-6-7-11(4)12(5)14(9-15(19)20)18-16(21)13(17)8-10(2)3/h10-14H,6-9,17H2,1-5H3,(H,18,21)(H,19,20)/t11?,12?,13-,14?/m0/s1. The van der Waals surface area contributed by atoms with Crippen molar-refractivity contribution < 1.29 is 14.7 Å². The molecular weight excluding hydrogens is 268 g/mol. The van der Waals surface area contributed by atoms with Crippen LogP contribution in [-0.2, 0) is 9.59 Å². The predicted octanol–water partition coefficient (Wildman–Crippen LogP) is 2.39. The number of carbonyl (C=O) groups is 2. The molecule has 0 aromatic heterocycles. The smallest absolute Gasteiger partial charge is 0.305 e. The first-order valence-electron chi connectivity index (χ1n) is 7.96. The van der Waals surface area contributed by atoms with Crippen LogP contribution in [0.3, 0.4) is 0 Å². The number of rotatable bonds is 10. The van der Waals surface area contributed by atoms with Gasteiger partial charge in [-0.15, -0.1) is 0 Å². The van der Waals surface area contributed by atoms with Crippen LogP contribution in [-0.4, -0.2) is 29.1 Å². The molecule has 1 amide bonds. The molecule has 0 aromatic rings. The Bertz CT molecular complexity index is 331. The maximum atomic E-state index is 12.1. The SMILES string of the molecule is CCCC(C)C(C)C(CC(=O)O)NC(=O)[C@@H](N)CC(C)C. The van der Waals surface area contributed by atoms with Gasteiger partial charge in [0.2, 0.25) is 5.91 Å². The van der Waals surface area contributed by atoms with E-state index >= 15 is 0 Å². The Morgan fingerprint density at radius 2 is 1.76 bits per heavy atom. The number of nitrogens with two attached hydrogens (primary N) is 1. The first-order chi connectivity index (χ1) is 9.68. The van der Waals surface area contributed by atoms with Crippen molar-refractivity contribution in [2.75, 3.05) is 0 Å². The topological polar surface area (TPSA) is 92.4 Å². The fourth-order valence-electron chi connectivity index (χ4n) is 2.58. The van der Waals surface area contributed by atoms with E-state index in [-0.39, 0.29) is 24.3 Å². The van der Waals surface area contributed by atoms with Gasteiger partial charge in [0, 0.05) is 6.04 Å². The minimum atomic E-state index is -0.895. The van der Waals surface area contributed by atoms with E-state index in [9.17, 15) is 9.59 Å². The lowest BCUT2D eigenvalue weighted by atomic mass is 9.84. The molecule has 0 aliphatic heterocycles. The number of carbonyl (C=O) groups excluding carboxylic acids is 1. The van der Waals surface area contributed by atoms with Crippen molar-refractivity contribution >= 4 is 11.9 Å². The molecule has 21 heavy (non-hydrogen) atoms. The highest BCUT2D eigenvalue weighted by molar-refractivity contribution is 5.82. The minimum Gasteiger partial charge on any atom is -0.481 e. The number of aliphatic carboxylic acids is 1. The molecule has 0 radical (unpaired) electrons. The third-order valence-electron chi connectivity index (χ3n) is 4.06. The van der Waals surface area contributed by atoms with E-state index in [1.165, 1.54) is 0 Å². The average Bonchev–Trinajstić information content (AvgIpc) is 2.35. The largest absolute Gasteiger partial charge is 0.481 e. The Hall–Kier alpha value is -1.10. The van der Waals surface area contributed by atoms with Crippen LogP contribution in [0.5, 0.6) is 0 Å². The summed E-state index contributed by atoms with van der Waals surface area (Å²) >= 11 is 0. The molecule has 0 saturated carbocycles. The van der Waals surface area contributed by atoms with Crippen molar-refractivity contribution in [2.24, 2.45) is 23.5 Å². The van der Waals surface area contributed by atoms with Crippen molar-refractivity contribution in [1.29, 1.82) is 0 Å². The van der Waals surface area contributed by atoms with Gasteiger partial charge in [0.15, 0.2) is 0 Å². The summed E-state index contributed by atoms with van der Waals surface area (Å²) in [6.45, 7) is 10.2. The normalized spacial score (nSPS) is 17.1. The highest BCUT2D eigenvalue weighted by atomic mass is 16.4. The first kappa shape index (κ1) is 19.9. The molecule has 124 valence electrons. The Kier molecular flexibility index (Phi) is 9.26. The third-order valence-corrected chi connectivity index (χ3v) is 4.06. The summed E-state index contributed by atoms with van der Waals surface area (Å²) in [6.07, 6.45) is 2.61. The van der Waals surface area contributed by atoms with Crippen LogP contribution in [0.1, 0.15) is 60.3 Å². The highest BCUT2D eigenvalue weighted by Crippen LogP contribution is 2.22. The fraction of sp³-hybridized carbons (Fsp3) is 0.875. The number of hydrogen-bond donors (Lipinski definition) is 3. The lowest BCUT2D eigenvalue weighted by Gasteiger charge is -2.29. The molecule has 0 heterocycles. The summed E-state index contributed by atoms with van der Waals surface area (Å²) in [5.74, 6) is -0.337. The molecule has 4 atom stereocenters. The van der Waals surface area contributed by atoms with E-state index in [1.807, 2.05) is 20.8 Å². The van der Waals surface area contributed by atoms with E-state index in [0.29, 0.717) is 18.3 Å². The van der Waals surface area contributed by atoms with Crippen LogP contribution in [0.4, 0.5) is 0 Å². The second-order valence-electron chi connectivity index (χ2n) is 6.57. The first-order valence-corrected chi connectivity index (χ1v) is 7.96. The zero-order valence-corrected chi connectivity index (χ0v) is 14.1. The van der Waals surface area contributed by atoms with Crippen molar-refractivity contribution in [3.63, 3.8) is 0 Å². The van der Waals surface area contributed by atoms with Gasteiger partial charge in [0.1, 0.15) is 0 Å². The number of hydrogen-bond acceptors (Lipinski definition) is 3. The van der Waals surface area contributed by atoms with E-state index in [2.05, 4.69) is 19.2 Å². The lowest BCUT2D eigenvalue weighted by Crippen LogP contribution is -2.49. The summed E-state index contributed by atoms with van der Waals surface area (Å²) in [5, 5.41) is 11.9. The summed E-state index contributed by atoms with van der Waals surface area (Å²) < 4.78 is 0. The third kappa shape index (κ3) is 8.05. The van der Waals surface area contributed by atoms with Crippen LogP contribution < -0.4 is 11.1 Å². The van der Waals surface area contributed by atoms with Gasteiger partial charge >= 0.3 is 5.97 Å². The molecule has 0 spiro atoms. The number of nitrogens with one attached hydrogen (secondary N) is 1. The Morgan fingerprint density at radius 1 is 1.19 bits per heavy atom. The molecule has 0 aliphatic rings. The molecule has 0 bridgehead atoms. The van der Waals surface area contributed by atoms with Crippen LogP contribution >= 0.6 is 0 Å². The molecule has 3 unspecified atom stereocenters. The molecule has 5 heteroatoms. The monoisotopic (exact) mass is 300 g/mol. The zero-order chi connectivity index (χ0) is 16.6. The van der Waals surface area contributed by atoms with Gasteiger partial charge in [-0.3, -0.25) is 9.59 Å². The molecule has 0 saturated heterocycles. The number of carboxylic acids is 1. The summed E-state index contributed by atoms with van der Waals surface area (Å²) in [4.78, 5) is 23.2. The summed E-state index contributed by atoms with van der Waals surface area (Å²) in [7, 11) is 0. The van der Waals surface area contributed by atoms with Crippen molar-refractivity contribution in [2.45, 2.75) is 72.4 Å². The molecule has 0 rings (SSSR count). The molecular formula is C16H32N2O3. The molecule has 0 aromatic carbocycles. The second-order valence-corrected chi connectivity index (χ2v) is 6.57. The van der Waals surface area contributed by atoms with E-state index in [0.717, 1.165) is 12.8 Å². The maximum absolute atomic E-state index is 12.1. The highest BCUT2D eigenvalue weighted by Gasteiger charge is 2.27. The number of carboxylic acid groups (broad SMARTS) is 1. The fourth-order valence-corrected chi connectivity index (χ4v) is 2.58. The van der Waals surface area contributed by atoms with Crippen LogP contribution in [0, 0.1) is 17.8 Å². The van der Waals surface area contributed by atoms with Gasteiger partial charge in [0.25, 0.3) is 0 Å². The van der Waals surface area contributed by atoms with Crippen molar-refractivity contribution in [3.05, 3.63) is 0 Å². The summed E-state index contributed by atoms with van der Waals surface area (Å²) in [6, 6.07) is -0.940. The Morgan fingerprint density at radius 3 is 2.19 bits per heavy atom. The van der Waals surface area contributed by atoms with Crippen LogP contribution in [0.15, 0.2) is 0 Å². The summed E-state index contributed by atoms with van der Waals surface area (Å²) in [5.41, 5.74) is 5.87. The molecule has 0 aliphatic carbocycles. The lowest BCUT2D eigenvalue weighted by molar-refractivity contribution is -0.138. The average molecular weight is 300 g/mol.